The molecular weight excluding hydrogens is 322 g/mol. The zero-order valence-electron chi connectivity index (χ0n) is 7.89. The second kappa shape index (κ2) is 5.94. The monoisotopic (exact) mass is 329 g/mol. The Morgan fingerprint density at radius 1 is 1.47 bits per heavy atom. The van der Waals surface area contributed by atoms with Gasteiger partial charge in [-0.15, -0.1) is 12.3 Å². The predicted octanol–water partition coefficient (Wildman–Crippen LogP) is 2.96. The number of nitrogens with one attached hydrogen (secondary N) is 1. The first kappa shape index (κ1) is 12.3. The highest BCUT2D eigenvalue weighted by Crippen LogP contribution is 2.21. The van der Waals surface area contributed by atoms with Crippen molar-refractivity contribution in [2.75, 3.05) is 6.54 Å². The highest BCUT2D eigenvalue weighted by Gasteiger charge is 2.08. The SMILES string of the molecule is C#CCCNC(=O)c1ccc(Br)cc1Br. The predicted molar refractivity (Wildman–Crippen MR) is 67.6 cm³/mol. The number of carbonyl (C=O) groups excluding carboxylic acids is 1. The van der Waals surface area contributed by atoms with Crippen LogP contribution in [0.5, 0.6) is 0 Å². The zero-order valence-corrected chi connectivity index (χ0v) is 11.1. The maximum atomic E-state index is 11.6. The Balaban J connectivity index is 2.70. The molecular formula is C11H9Br2NO. The van der Waals surface area contributed by atoms with Crippen molar-refractivity contribution in [3.05, 3.63) is 32.7 Å². The Labute approximate surface area is 106 Å². The second-order valence-electron chi connectivity index (χ2n) is 2.83. The zero-order chi connectivity index (χ0) is 11.3. The summed E-state index contributed by atoms with van der Waals surface area (Å²) in [5.41, 5.74) is 0.607. The summed E-state index contributed by atoms with van der Waals surface area (Å²) in [5.74, 6) is 2.34. The molecule has 0 bridgehead atoms. The van der Waals surface area contributed by atoms with Crippen LogP contribution in [0.3, 0.4) is 0 Å². The van der Waals surface area contributed by atoms with Crippen LogP contribution in [0.2, 0.25) is 0 Å². The normalized spacial score (nSPS) is 9.40. The quantitative estimate of drug-likeness (QED) is 0.670. The van der Waals surface area contributed by atoms with Gasteiger partial charge in [-0.2, -0.15) is 0 Å². The first-order chi connectivity index (χ1) is 7.15. The first-order valence-corrected chi connectivity index (χ1v) is 5.90. The van der Waals surface area contributed by atoms with Crippen molar-refractivity contribution in [3.8, 4) is 12.3 Å². The molecule has 0 heterocycles. The average molecular weight is 331 g/mol. The Morgan fingerprint density at radius 2 is 2.20 bits per heavy atom. The molecule has 15 heavy (non-hydrogen) atoms. The molecule has 0 aliphatic rings. The Bertz CT molecular complexity index is 410. The van der Waals surface area contributed by atoms with Gasteiger partial charge < -0.3 is 5.32 Å². The van der Waals surface area contributed by atoms with Crippen molar-refractivity contribution in [1.82, 2.24) is 5.32 Å². The van der Waals surface area contributed by atoms with Crippen molar-refractivity contribution in [3.63, 3.8) is 0 Å². The molecule has 1 amide bonds. The Morgan fingerprint density at radius 3 is 2.80 bits per heavy atom. The number of terminal acetylenes is 1. The van der Waals surface area contributed by atoms with Gasteiger partial charge in [0, 0.05) is 21.9 Å². The Hall–Kier alpha value is -0.790. The summed E-state index contributed by atoms with van der Waals surface area (Å²) in [5, 5.41) is 2.73. The number of hydrogen-bond acceptors (Lipinski definition) is 1. The summed E-state index contributed by atoms with van der Waals surface area (Å²) in [4.78, 5) is 11.6. The van der Waals surface area contributed by atoms with E-state index in [0.29, 0.717) is 18.5 Å². The van der Waals surface area contributed by atoms with Crippen LogP contribution in [0, 0.1) is 12.3 Å². The van der Waals surface area contributed by atoms with E-state index in [-0.39, 0.29) is 5.91 Å². The molecule has 78 valence electrons. The molecule has 0 saturated heterocycles. The van der Waals surface area contributed by atoms with Gasteiger partial charge in [-0.1, -0.05) is 15.9 Å². The van der Waals surface area contributed by atoms with E-state index in [1.54, 1.807) is 6.07 Å². The van der Waals surface area contributed by atoms with E-state index in [2.05, 4.69) is 43.1 Å². The van der Waals surface area contributed by atoms with Crippen molar-refractivity contribution >= 4 is 37.8 Å². The molecule has 1 rings (SSSR count). The van der Waals surface area contributed by atoms with E-state index < -0.39 is 0 Å². The van der Waals surface area contributed by atoms with Gasteiger partial charge >= 0.3 is 0 Å². The van der Waals surface area contributed by atoms with E-state index >= 15 is 0 Å². The molecule has 0 aliphatic carbocycles. The number of benzene rings is 1. The van der Waals surface area contributed by atoms with Crippen LogP contribution in [-0.2, 0) is 0 Å². The van der Waals surface area contributed by atoms with Crippen LogP contribution in [0.1, 0.15) is 16.8 Å². The molecule has 0 radical (unpaired) electrons. The first-order valence-electron chi connectivity index (χ1n) is 4.32. The van der Waals surface area contributed by atoms with Crippen molar-refractivity contribution in [1.29, 1.82) is 0 Å². The van der Waals surface area contributed by atoms with E-state index in [4.69, 9.17) is 6.42 Å². The molecule has 2 nitrogen and oxygen atoms in total. The van der Waals surface area contributed by atoms with E-state index in [1.807, 2.05) is 12.1 Å². The number of amides is 1. The van der Waals surface area contributed by atoms with Gasteiger partial charge in [0.25, 0.3) is 5.91 Å². The smallest absolute Gasteiger partial charge is 0.252 e. The van der Waals surface area contributed by atoms with Gasteiger partial charge in [-0.05, 0) is 34.1 Å². The maximum Gasteiger partial charge on any atom is 0.252 e. The standard InChI is InChI=1S/C11H9Br2NO/c1-2-3-6-14-11(15)9-5-4-8(12)7-10(9)13/h1,4-5,7H,3,6H2,(H,14,15). The molecule has 1 aromatic carbocycles. The number of halogens is 2. The summed E-state index contributed by atoms with van der Waals surface area (Å²) in [7, 11) is 0. The van der Waals surface area contributed by atoms with Crippen LogP contribution in [0.25, 0.3) is 0 Å². The number of carbonyl (C=O) groups is 1. The van der Waals surface area contributed by atoms with Crippen LogP contribution < -0.4 is 5.32 Å². The van der Waals surface area contributed by atoms with E-state index in [0.717, 1.165) is 8.95 Å². The fraction of sp³-hybridized carbons (Fsp3) is 0.182. The van der Waals surface area contributed by atoms with Gasteiger partial charge in [0.2, 0.25) is 0 Å². The lowest BCUT2D eigenvalue weighted by Crippen LogP contribution is -2.24. The third-order valence-corrected chi connectivity index (χ3v) is 2.88. The summed E-state index contributed by atoms with van der Waals surface area (Å²) in [6.45, 7) is 0.498. The van der Waals surface area contributed by atoms with Crippen LogP contribution in [0.15, 0.2) is 27.1 Å². The Kier molecular flexibility index (Phi) is 4.86. The van der Waals surface area contributed by atoms with Gasteiger partial charge in [0.05, 0.1) is 5.56 Å². The molecule has 1 aromatic rings. The molecule has 0 atom stereocenters. The lowest BCUT2D eigenvalue weighted by Gasteiger charge is -2.05. The highest BCUT2D eigenvalue weighted by molar-refractivity contribution is 9.11. The summed E-state index contributed by atoms with van der Waals surface area (Å²) in [6.07, 6.45) is 5.63. The highest BCUT2D eigenvalue weighted by atomic mass is 79.9. The topological polar surface area (TPSA) is 29.1 Å². The van der Waals surface area contributed by atoms with Crippen molar-refractivity contribution in [2.45, 2.75) is 6.42 Å². The molecule has 1 N–H and O–H groups in total. The molecule has 0 fully saturated rings. The molecule has 0 aromatic heterocycles. The lowest BCUT2D eigenvalue weighted by molar-refractivity contribution is 0.0954. The van der Waals surface area contributed by atoms with Crippen LogP contribution in [-0.4, -0.2) is 12.5 Å². The molecule has 0 aliphatic heterocycles. The second-order valence-corrected chi connectivity index (χ2v) is 4.60. The van der Waals surface area contributed by atoms with E-state index in [1.165, 1.54) is 0 Å². The lowest BCUT2D eigenvalue weighted by atomic mass is 10.2. The molecule has 0 unspecified atom stereocenters. The van der Waals surface area contributed by atoms with Crippen LogP contribution >= 0.6 is 31.9 Å². The van der Waals surface area contributed by atoms with Crippen molar-refractivity contribution in [2.24, 2.45) is 0 Å². The number of rotatable bonds is 3. The van der Waals surface area contributed by atoms with E-state index in [9.17, 15) is 4.79 Å². The minimum Gasteiger partial charge on any atom is -0.351 e. The largest absolute Gasteiger partial charge is 0.351 e. The summed E-state index contributed by atoms with van der Waals surface area (Å²) < 4.78 is 1.68. The third kappa shape index (κ3) is 3.69. The minimum atomic E-state index is -0.121. The fourth-order valence-electron chi connectivity index (χ4n) is 1.02. The van der Waals surface area contributed by atoms with Gasteiger partial charge in [-0.3, -0.25) is 4.79 Å². The fourth-order valence-corrected chi connectivity index (χ4v) is 2.24. The van der Waals surface area contributed by atoms with Crippen molar-refractivity contribution < 1.29 is 4.79 Å². The maximum absolute atomic E-state index is 11.6. The minimum absolute atomic E-state index is 0.121. The summed E-state index contributed by atoms with van der Waals surface area (Å²) in [6, 6.07) is 5.40. The average Bonchev–Trinajstić information content (AvgIpc) is 2.17. The van der Waals surface area contributed by atoms with Crippen LogP contribution in [0.4, 0.5) is 0 Å². The third-order valence-electron chi connectivity index (χ3n) is 1.73. The van der Waals surface area contributed by atoms with Gasteiger partial charge in [-0.25, -0.2) is 0 Å². The number of hydrogen-bond donors (Lipinski definition) is 1. The van der Waals surface area contributed by atoms with Gasteiger partial charge in [0.1, 0.15) is 0 Å². The molecule has 0 spiro atoms. The molecule has 4 heteroatoms. The molecule has 0 saturated carbocycles. The van der Waals surface area contributed by atoms with Gasteiger partial charge in [0.15, 0.2) is 0 Å². The summed E-state index contributed by atoms with van der Waals surface area (Å²) >= 11 is 6.65.